The average molecular weight is 362 g/mol. The monoisotopic (exact) mass is 362 g/mol. The van der Waals surface area contributed by atoms with E-state index >= 15 is 0 Å². The maximum Gasteiger partial charge on any atom is 0.355 e. The van der Waals surface area contributed by atoms with Gasteiger partial charge >= 0.3 is 11.9 Å². The van der Waals surface area contributed by atoms with Crippen LogP contribution in [-0.4, -0.2) is 41.8 Å². The first kappa shape index (κ1) is 19.0. The Kier molecular flexibility index (Phi) is 5.94. The Labute approximate surface area is 148 Å². The van der Waals surface area contributed by atoms with Gasteiger partial charge in [0.15, 0.2) is 12.4 Å². The number of amides is 1. The van der Waals surface area contributed by atoms with Crippen LogP contribution in [0, 0.1) is 6.92 Å². The molecule has 1 amide bonds. The Hall–Kier alpha value is -3.36. The van der Waals surface area contributed by atoms with Crippen molar-refractivity contribution in [1.82, 2.24) is 4.98 Å². The molecule has 0 aliphatic heterocycles. The van der Waals surface area contributed by atoms with Crippen LogP contribution in [0.25, 0.3) is 0 Å². The molecule has 0 aliphatic rings. The van der Waals surface area contributed by atoms with Gasteiger partial charge in [-0.2, -0.15) is 0 Å². The number of aryl methyl sites for hydroxylation is 1. The van der Waals surface area contributed by atoms with E-state index in [2.05, 4.69) is 10.3 Å². The molecule has 0 atom stereocenters. The molecule has 26 heavy (non-hydrogen) atoms. The van der Waals surface area contributed by atoms with Gasteiger partial charge in [0.2, 0.25) is 5.88 Å². The molecule has 0 aliphatic carbocycles. The van der Waals surface area contributed by atoms with Gasteiger partial charge in [0.05, 0.1) is 12.2 Å². The van der Waals surface area contributed by atoms with E-state index in [4.69, 9.17) is 13.9 Å². The number of aromatic amines is 1. The summed E-state index contributed by atoms with van der Waals surface area (Å²) >= 11 is 0. The fourth-order valence-corrected chi connectivity index (χ4v) is 2.28. The molecule has 2 aromatic heterocycles. The fourth-order valence-electron chi connectivity index (χ4n) is 2.28. The predicted octanol–water partition coefficient (Wildman–Crippen LogP) is 2.09. The summed E-state index contributed by atoms with van der Waals surface area (Å²) in [5, 5.41) is 2.32. The maximum absolute atomic E-state index is 12.1. The summed E-state index contributed by atoms with van der Waals surface area (Å²) < 4.78 is 15.1. The first-order valence-electron chi connectivity index (χ1n) is 7.77. The summed E-state index contributed by atoms with van der Waals surface area (Å²) in [6.45, 7) is 3.85. The van der Waals surface area contributed by atoms with Crippen molar-refractivity contribution in [1.29, 1.82) is 0 Å². The van der Waals surface area contributed by atoms with E-state index in [9.17, 15) is 19.2 Å². The number of Topliss-reactive ketones (excluding diaryl/α,β-unsaturated/α-hetero) is 1. The molecular weight excluding hydrogens is 344 g/mol. The molecule has 0 aromatic carbocycles. The van der Waals surface area contributed by atoms with E-state index in [1.165, 1.54) is 26.1 Å². The van der Waals surface area contributed by atoms with E-state index in [1.807, 2.05) is 0 Å². The summed E-state index contributed by atoms with van der Waals surface area (Å²) in [4.78, 5) is 50.3. The van der Waals surface area contributed by atoms with Gasteiger partial charge in [-0.05, 0) is 32.9 Å². The number of anilines is 1. The summed E-state index contributed by atoms with van der Waals surface area (Å²) in [5.41, 5.74) is 0.0562. The summed E-state index contributed by atoms with van der Waals surface area (Å²) in [6.07, 6.45) is 1.54. The van der Waals surface area contributed by atoms with E-state index in [1.54, 1.807) is 13.0 Å². The van der Waals surface area contributed by atoms with E-state index in [0.29, 0.717) is 0 Å². The van der Waals surface area contributed by atoms with Gasteiger partial charge in [-0.25, -0.2) is 9.59 Å². The summed E-state index contributed by atoms with van der Waals surface area (Å²) in [7, 11) is 0. The van der Waals surface area contributed by atoms with E-state index in [-0.39, 0.29) is 35.1 Å². The van der Waals surface area contributed by atoms with Gasteiger partial charge in [-0.15, -0.1) is 0 Å². The van der Waals surface area contributed by atoms with Gasteiger partial charge in [-0.1, -0.05) is 0 Å². The van der Waals surface area contributed by atoms with Crippen LogP contribution in [0.3, 0.4) is 0 Å². The SMILES string of the molecule is CCOC(=O)c1c(NC(=O)COC(=O)c2ccc[nH]2)oc(C)c1C(C)=O. The Bertz CT molecular complexity index is 834. The molecule has 0 fully saturated rings. The lowest BCUT2D eigenvalue weighted by molar-refractivity contribution is -0.119. The summed E-state index contributed by atoms with van der Waals surface area (Å²) in [6, 6.07) is 3.10. The topological polar surface area (TPSA) is 128 Å². The van der Waals surface area contributed by atoms with Crippen molar-refractivity contribution < 1.29 is 33.1 Å². The second kappa shape index (κ2) is 8.15. The number of H-pyrrole nitrogens is 1. The van der Waals surface area contributed by atoms with Gasteiger partial charge in [0.1, 0.15) is 17.0 Å². The lowest BCUT2D eigenvalue weighted by Crippen LogP contribution is -2.22. The van der Waals surface area contributed by atoms with E-state index in [0.717, 1.165) is 0 Å². The van der Waals surface area contributed by atoms with Crippen LogP contribution >= 0.6 is 0 Å². The smallest absolute Gasteiger partial charge is 0.355 e. The third kappa shape index (κ3) is 4.18. The van der Waals surface area contributed by atoms with Crippen LogP contribution in [0.2, 0.25) is 0 Å². The Morgan fingerprint density at radius 3 is 2.46 bits per heavy atom. The molecule has 9 nitrogen and oxygen atoms in total. The number of aromatic nitrogens is 1. The van der Waals surface area contributed by atoms with Crippen LogP contribution in [-0.2, 0) is 14.3 Å². The quantitative estimate of drug-likeness (QED) is 0.570. The zero-order valence-electron chi connectivity index (χ0n) is 14.5. The highest BCUT2D eigenvalue weighted by Crippen LogP contribution is 2.28. The lowest BCUT2D eigenvalue weighted by Gasteiger charge is -2.06. The average Bonchev–Trinajstić information content (AvgIpc) is 3.20. The van der Waals surface area contributed by atoms with Crippen molar-refractivity contribution in [2.75, 3.05) is 18.5 Å². The molecule has 9 heteroatoms. The number of furan rings is 1. The van der Waals surface area contributed by atoms with Crippen LogP contribution in [0.15, 0.2) is 22.7 Å². The molecule has 2 heterocycles. The highest BCUT2D eigenvalue weighted by Gasteiger charge is 2.28. The molecule has 0 saturated heterocycles. The lowest BCUT2D eigenvalue weighted by atomic mass is 10.1. The number of carbonyl (C=O) groups excluding carboxylic acids is 4. The fraction of sp³-hybridized carbons (Fsp3) is 0.294. The second-order valence-corrected chi connectivity index (χ2v) is 5.22. The Morgan fingerprint density at radius 1 is 1.15 bits per heavy atom. The number of hydrogen-bond donors (Lipinski definition) is 2. The minimum absolute atomic E-state index is 0.0298. The number of ether oxygens (including phenoxy) is 2. The molecule has 0 spiro atoms. The van der Waals surface area contributed by atoms with Gasteiger partial charge in [-0.3, -0.25) is 14.9 Å². The summed E-state index contributed by atoms with van der Waals surface area (Å²) in [5.74, 6) is -2.72. The molecule has 0 radical (unpaired) electrons. The van der Waals surface area contributed by atoms with Crippen molar-refractivity contribution in [3.63, 3.8) is 0 Å². The zero-order valence-corrected chi connectivity index (χ0v) is 14.5. The Balaban J connectivity index is 2.13. The molecule has 2 N–H and O–H groups in total. The van der Waals surface area contributed by atoms with Crippen molar-refractivity contribution in [2.24, 2.45) is 0 Å². The number of hydrogen-bond acceptors (Lipinski definition) is 7. The van der Waals surface area contributed by atoms with Gasteiger partial charge in [0.25, 0.3) is 5.91 Å². The first-order chi connectivity index (χ1) is 12.3. The third-order valence-electron chi connectivity index (χ3n) is 3.32. The number of ketones is 1. The second-order valence-electron chi connectivity index (χ2n) is 5.22. The van der Waals surface area contributed by atoms with Gasteiger partial charge < -0.3 is 18.9 Å². The van der Waals surface area contributed by atoms with Gasteiger partial charge in [0, 0.05) is 6.20 Å². The molecule has 2 aromatic rings. The normalized spacial score (nSPS) is 10.3. The van der Waals surface area contributed by atoms with Crippen LogP contribution in [0.5, 0.6) is 0 Å². The van der Waals surface area contributed by atoms with Crippen molar-refractivity contribution in [3.05, 3.63) is 40.9 Å². The standard InChI is InChI=1S/C17H18N2O7/c1-4-24-17(23)14-13(9(2)20)10(3)26-15(14)19-12(21)8-25-16(22)11-6-5-7-18-11/h5-7,18H,4,8H2,1-3H3,(H,19,21). The third-order valence-corrected chi connectivity index (χ3v) is 3.32. The molecule has 0 bridgehead atoms. The molecule has 0 saturated carbocycles. The zero-order chi connectivity index (χ0) is 19.3. The minimum atomic E-state index is -0.798. The minimum Gasteiger partial charge on any atom is -0.462 e. The molecule has 2 rings (SSSR count). The number of rotatable bonds is 7. The molecule has 138 valence electrons. The largest absolute Gasteiger partial charge is 0.462 e. The first-order valence-corrected chi connectivity index (χ1v) is 7.77. The predicted molar refractivity (Wildman–Crippen MR) is 89.1 cm³/mol. The highest BCUT2D eigenvalue weighted by molar-refractivity contribution is 6.10. The van der Waals surface area contributed by atoms with Crippen molar-refractivity contribution in [3.8, 4) is 0 Å². The van der Waals surface area contributed by atoms with Crippen LogP contribution in [0.1, 0.15) is 50.8 Å². The highest BCUT2D eigenvalue weighted by atomic mass is 16.5. The maximum atomic E-state index is 12.1. The number of esters is 2. The molecule has 0 unspecified atom stereocenters. The van der Waals surface area contributed by atoms with Crippen molar-refractivity contribution >= 4 is 29.5 Å². The number of nitrogens with one attached hydrogen (secondary N) is 2. The van der Waals surface area contributed by atoms with Crippen LogP contribution in [0.4, 0.5) is 5.88 Å². The van der Waals surface area contributed by atoms with Crippen molar-refractivity contribution in [2.45, 2.75) is 20.8 Å². The van der Waals surface area contributed by atoms with Crippen LogP contribution < -0.4 is 5.32 Å². The number of carbonyl (C=O) groups is 4. The van der Waals surface area contributed by atoms with E-state index < -0.39 is 30.2 Å². The molecular formula is C17H18N2O7. The Morgan fingerprint density at radius 2 is 1.88 bits per heavy atom.